The van der Waals surface area contributed by atoms with Crippen LogP contribution in [0.3, 0.4) is 0 Å². The first-order valence-electron chi connectivity index (χ1n) is 14.9. The minimum Gasteiger partial charge on any atom is -0.490 e. The van der Waals surface area contributed by atoms with E-state index in [1.165, 1.54) is 24.1 Å². The van der Waals surface area contributed by atoms with Crippen molar-refractivity contribution < 1.29 is 19.7 Å². The standard InChI is InChI=1S/C29H36Cl2N4O.C4H10O.CH2O2/c1-6-23-20(2)32-19-24(28(23)35-13-11-29(3,4)12-14-35)26-9-8-22(18-33-26)34(5)15-16-36-27-10-7-21(30)17-25(27)31;1-4(2,3)5;2-1-3/h7-10,17-19H,6,11-16H2,1-5H3;5H,1-3H3;1H,(H,2,3). The molecule has 44 heavy (non-hydrogen) atoms. The molecule has 1 saturated heterocycles. The van der Waals surface area contributed by atoms with E-state index in [0.29, 0.717) is 34.4 Å². The van der Waals surface area contributed by atoms with Crippen LogP contribution in [0.4, 0.5) is 11.4 Å². The number of aliphatic hydroxyl groups is 1. The molecule has 0 aliphatic carbocycles. The van der Waals surface area contributed by atoms with Crippen molar-refractivity contribution in [1.29, 1.82) is 0 Å². The topological polar surface area (TPSA) is 99.0 Å². The molecule has 4 rings (SSSR count). The van der Waals surface area contributed by atoms with Crippen molar-refractivity contribution in [2.24, 2.45) is 5.41 Å². The molecule has 8 nitrogen and oxygen atoms in total. The second-order valence-corrected chi connectivity index (χ2v) is 13.5. The lowest BCUT2D eigenvalue weighted by Crippen LogP contribution is -2.38. The Morgan fingerprint density at radius 2 is 1.70 bits per heavy atom. The molecule has 0 unspecified atom stereocenters. The Balaban J connectivity index is 0.000000754. The summed E-state index contributed by atoms with van der Waals surface area (Å²) in [4.78, 5) is 22.6. The minimum absolute atomic E-state index is 0.250. The van der Waals surface area contributed by atoms with E-state index in [9.17, 15) is 0 Å². The molecule has 0 saturated carbocycles. The molecule has 1 fully saturated rings. The molecule has 2 N–H and O–H groups in total. The van der Waals surface area contributed by atoms with Crippen molar-refractivity contribution in [3.05, 3.63) is 64.0 Å². The highest BCUT2D eigenvalue weighted by Gasteiger charge is 2.28. The third kappa shape index (κ3) is 11.8. The van der Waals surface area contributed by atoms with Crippen LogP contribution in [0, 0.1) is 12.3 Å². The number of aryl methyl sites for hydroxylation is 1. The summed E-state index contributed by atoms with van der Waals surface area (Å²) in [6, 6.07) is 9.48. The number of carbonyl (C=O) groups is 1. The van der Waals surface area contributed by atoms with E-state index in [-0.39, 0.29) is 6.47 Å². The van der Waals surface area contributed by atoms with Gasteiger partial charge in [-0.2, -0.15) is 0 Å². The zero-order valence-corrected chi connectivity index (χ0v) is 28.8. The summed E-state index contributed by atoms with van der Waals surface area (Å²) in [6.07, 6.45) is 7.27. The number of nitrogens with zero attached hydrogens (tertiary/aromatic N) is 4. The Kier molecular flexibility index (Phi) is 14.2. The number of anilines is 2. The van der Waals surface area contributed by atoms with Crippen molar-refractivity contribution >= 4 is 41.0 Å². The smallest absolute Gasteiger partial charge is 0.290 e. The van der Waals surface area contributed by atoms with E-state index in [0.717, 1.165) is 42.1 Å². The number of aromatic nitrogens is 2. The van der Waals surface area contributed by atoms with Gasteiger partial charge in [0.05, 0.1) is 40.4 Å². The number of likely N-dealkylation sites (N-methyl/N-ethyl adjacent to an activating group) is 1. The third-order valence-electron chi connectivity index (χ3n) is 7.19. The fourth-order valence-electron chi connectivity index (χ4n) is 4.73. The van der Waals surface area contributed by atoms with Crippen LogP contribution < -0.4 is 14.5 Å². The van der Waals surface area contributed by atoms with Gasteiger partial charge in [0.15, 0.2) is 0 Å². The van der Waals surface area contributed by atoms with Crippen molar-refractivity contribution in [3.63, 3.8) is 0 Å². The number of rotatable bonds is 8. The number of pyridine rings is 2. The monoisotopic (exact) mass is 646 g/mol. The van der Waals surface area contributed by atoms with Gasteiger partial charge in [-0.3, -0.25) is 14.8 Å². The van der Waals surface area contributed by atoms with Crippen molar-refractivity contribution in [2.75, 3.05) is 43.1 Å². The van der Waals surface area contributed by atoms with Gasteiger partial charge in [0.1, 0.15) is 12.4 Å². The van der Waals surface area contributed by atoms with Gasteiger partial charge < -0.3 is 24.7 Å². The minimum atomic E-state index is -0.500. The molecule has 0 atom stereocenters. The van der Waals surface area contributed by atoms with E-state index in [1.54, 1.807) is 39.0 Å². The van der Waals surface area contributed by atoms with Crippen molar-refractivity contribution in [3.8, 4) is 17.0 Å². The Bertz CT molecular complexity index is 1330. The van der Waals surface area contributed by atoms with Crippen LogP contribution in [-0.4, -0.2) is 65.5 Å². The summed E-state index contributed by atoms with van der Waals surface area (Å²) in [5.41, 5.74) is 6.75. The number of ether oxygens (including phenoxy) is 1. The van der Waals surface area contributed by atoms with Crippen LogP contribution in [-0.2, 0) is 11.2 Å². The molecule has 0 radical (unpaired) electrons. The fraction of sp³-hybridized carbons (Fsp3) is 0.500. The Morgan fingerprint density at radius 3 is 2.23 bits per heavy atom. The molecule has 2 aromatic heterocycles. The second-order valence-electron chi connectivity index (χ2n) is 12.6. The fourth-order valence-corrected chi connectivity index (χ4v) is 5.19. The number of hydrogen-bond donors (Lipinski definition) is 2. The zero-order valence-electron chi connectivity index (χ0n) is 27.3. The highest BCUT2D eigenvalue weighted by molar-refractivity contribution is 6.35. The molecule has 3 heterocycles. The molecule has 1 aliphatic rings. The summed E-state index contributed by atoms with van der Waals surface area (Å²) in [6.45, 7) is 17.4. The average molecular weight is 648 g/mol. The number of benzene rings is 1. The lowest BCUT2D eigenvalue weighted by atomic mass is 9.82. The maximum atomic E-state index is 8.52. The Morgan fingerprint density at radius 1 is 1.09 bits per heavy atom. The predicted octanol–water partition coefficient (Wildman–Crippen LogP) is 7.94. The van der Waals surface area contributed by atoms with E-state index >= 15 is 0 Å². The van der Waals surface area contributed by atoms with Crippen LogP contribution in [0.5, 0.6) is 5.75 Å². The first kappa shape index (κ1) is 37.1. The SMILES string of the molecule is CC(C)(C)O.CCc1c(C)ncc(-c2ccc(N(C)CCOc3ccc(Cl)cc3Cl)cn2)c1N1CCC(C)(C)CC1.O=CO. The number of halogens is 2. The van der Waals surface area contributed by atoms with E-state index in [4.69, 9.17) is 52.9 Å². The second kappa shape index (κ2) is 16.8. The molecule has 0 bridgehead atoms. The number of hydrogen-bond acceptors (Lipinski definition) is 7. The summed E-state index contributed by atoms with van der Waals surface area (Å²) in [7, 11) is 2.03. The average Bonchev–Trinajstić information content (AvgIpc) is 2.94. The van der Waals surface area contributed by atoms with Gasteiger partial charge in [0.25, 0.3) is 6.47 Å². The summed E-state index contributed by atoms with van der Waals surface area (Å²) < 4.78 is 5.84. The zero-order chi connectivity index (χ0) is 33.1. The number of piperidine rings is 1. The molecule has 0 amide bonds. The lowest BCUT2D eigenvalue weighted by molar-refractivity contribution is -0.122. The Hall–Kier alpha value is -3.07. The molecule has 242 valence electrons. The normalized spacial score (nSPS) is 14.0. The molecule has 1 aromatic carbocycles. The summed E-state index contributed by atoms with van der Waals surface area (Å²) in [5.74, 6) is 0.634. The van der Waals surface area contributed by atoms with E-state index in [1.807, 2.05) is 19.4 Å². The van der Waals surface area contributed by atoms with Gasteiger partial charge in [-0.25, -0.2) is 0 Å². The van der Waals surface area contributed by atoms with Crippen LogP contribution in [0.2, 0.25) is 10.0 Å². The molecule has 3 aromatic rings. The number of carboxylic acid groups (broad SMARTS) is 1. The highest BCUT2D eigenvalue weighted by Crippen LogP contribution is 2.39. The van der Waals surface area contributed by atoms with Gasteiger partial charge in [-0.15, -0.1) is 0 Å². The highest BCUT2D eigenvalue weighted by atomic mass is 35.5. The molecular formula is C34H48Cl2N4O4. The molecule has 0 spiro atoms. The first-order chi connectivity index (χ1) is 20.6. The van der Waals surface area contributed by atoms with Crippen LogP contribution in [0.1, 0.15) is 65.6 Å². The quantitative estimate of drug-likeness (QED) is 0.238. The van der Waals surface area contributed by atoms with Crippen LogP contribution in [0.25, 0.3) is 11.3 Å². The predicted molar refractivity (Wildman–Crippen MR) is 183 cm³/mol. The lowest BCUT2D eigenvalue weighted by Gasteiger charge is -2.40. The van der Waals surface area contributed by atoms with E-state index < -0.39 is 5.60 Å². The molecule has 10 heteroatoms. The maximum Gasteiger partial charge on any atom is 0.290 e. The first-order valence-corrected chi connectivity index (χ1v) is 15.6. The maximum absolute atomic E-state index is 8.52. The summed E-state index contributed by atoms with van der Waals surface area (Å²) in [5, 5.41) is 16.5. The van der Waals surface area contributed by atoms with E-state index in [2.05, 4.69) is 49.6 Å². The van der Waals surface area contributed by atoms with Crippen LogP contribution >= 0.6 is 23.2 Å². The van der Waals surface area contributed by atoms with Gasteiger partial charge in [-0.05, 0) is 88.3 Å². The Labute approximate surface area is 273 Å². The van der Waals surface area contributed by atoms with Gasteiger partial charge in [-0.1, -0.05) is 44.0 Å². The third-order valence-corrected chi connectivity index (χ3v) is 7.73. The largest absolute Gasteiger partial charge is 0.490 e. The van der Waals surface area contributed by atoms with Crippen LogP contribution in [0.15, 0.2) is 42.7 Å². The van der Waals surface area contributed by atoms with Gasteiger partial charge >= 0.3 is 0 Å². The molecule has 1 aliphatic heterocycles. The van der Waals surface area contributed by atoms with Crippen molar-refractivity contribution in [2.45, 2.75) is 73.3 Å². The summed E-state index contributed by atoms with van der Waals surface area (Å²) >= 11 is 12.2. The van der Waals surface area contributed by atoms with Gasteiger partial charge in [0, 0.05) is 42.6 Å². The van der Waals surface area contributed by atoms with Gasteiger partial charge in [0.2, 0.25) is 0 Å². The molecular weight excluding hydrogens is 599 g/mol. The van der Waals surface area contributed by atoms with Crippen molar-refractivity contribution in [1.82, 2.24) is 9.97 Å².